The topological polar surface area (TPSA) is 55.1 Å². The monoisotopic (exact) mass is 184 g/mol. The maximum atomic E-state index is 11.5. The van der Waals surface area contributed by atoms with E-state index < -0.39 is 0 Å². The van der Waals surface area contributed by atoms with Crippen molar-refractivity contribution in [3.8, 4) is 0 Å². The molecule has 1 saturated carbocycles. The fraction of sp³-hybridized carbons (Fsp3) is 0.900. The summed E-state index contributed by atoms with van der Waals surface area (Å²) in [6.07, 6.45) is 4.58. The Morgan fingerprint density at radius 3 is 2.92 bits per heavy atom. The van der Waals surface area contributed by atoms with Crippen molar-refractivity contribution in [2.45, 2.75) is 32.6 Å². The van der Waals surface area contributed by atoms with Crippen molar-refractivity contribution in [1.82, 2.24) is 5.32 Å². The van der Waals surface area contributed by atoms with Gasteiger partial charge >= 0.3 is 0 Å². The van der Waals surface area contributed by atoms with Gasteiger partial charge in [0.05, 0.1) is 0 Å². The van der Waals surface area contributed by atoms with Crippen LogP contribution in [0.1, 0.15) is 32.6 Å². The molecule has 0 heterocycles. The van der Waals surface area contributed by atoms with Gasteiger partial charge < -0.3 is 11.1 Å². The summed E-state index contributed by atoms with van der Waals surface area (Å²) in [7, 11) is 0. The largest absolute Gasteiger partial charge is 0.355 e. The molecule has 1 fully saturated rings. The number of amides is 1. The summed E-state index contributed by atoms with van der Waals surface area (Å²) < 4.78 is 0. The van der Waals surface area contributed by atoms with E-state index in [2.05, 4.69) is 12.2 Å². The molecule has 13 heavy (non-hydrogen) atoms. The molecule has 2 atom stereocenters. The van der Waals surface area contributed by atoms with Gasteiger partial charge in [-0.3, -0.25) is 4.79 Å². The molecule has 2 unspecified atom stereocenters. The molecule has 0 radical (unpaired) electrons. The Morgan fingerprint density at radius 1 is 1.54 bits per heavy atom. The van der Waals surface area contributed by atoms with Crippen molar-refractivity contribution in [1.29, 1.82) is 0 Å². The maximum absolute atomic E-state index is 11.5. The van der Waals surface area contributed by atoms with Crippen LogP contribution in [0.2, 0.25) is 0 Å². The molecule has 76 valence electrons. The summed E-state index contributed by atoms with van der Waals surface area (Å²) >= 11 is 0. The number of nitrogens with two attached hydrogens (primary N) is 1. The van der Waals surface area contributed by atoms with Gasteiger partial charge in [-0.25, -0.2) is 0 Å². The number of carbonyl (C=O) groups excluding carboxylic acids is 1. The maximum Gasteiger partial charge on any atom is 0.223 e. The van der Waals surface area contributed by atoms with Gasteiger partial charge in [-0.15, -0.1) is 0 Å². The first-order valence-electron chi connectivity index (χ1n) is 5.21. The number of hydrogen-bond donors (Lipinski definition) is 2. The summed E-state index contributed by atoms with van der Waals surface area (Å²) in [5.41, 5.74) is 5.32. The van der Waals surface area contributed by atoms with Crippen molar-refractivity contribution in [3.05, 3.63) is 0 Å². The third-order valence-corrected chi connectivity index (χ3v) is 2.75. The van der Waals surface area contributed by atoms with Gasteiger partial charge in [0, 0.05) is 19.0 Å². The molecule has 0 saturated heterocycles. The molecule has 3 heteroatoms. The first-order chi connectivity index (χ1) is 6.24. The Morgan fingerprint density at radius 2 is 2.31 bits per heavy atom. The van der Waals surface area contributed by atoms with Crippen LogP contribution in [0.4, 0.5) is 0 Å². The van der Waals surface area contributed by atoms with E-state index in [0.29, 0.717) is 19.0 Å². The molecule has 0 spiro atoms. The fourth-order valence-corrected chi connectivity index (χ4v) is 2.01. The summed E-state index contributed by atoms with van der Waals surface area (Å²) in [5, 5.41) is 2.86. The second-order valence-corrected chi connectivity index (χ2v) is 4.05. The average molecular weight is 184 g/mol. The van der Waals surface area contributed by atoms with Crippen LogP contribution in [0.5, 0.6) is 0 Å². The van der Waals surface area contributed by atoms with Crippen molar-refractivity contribution >= 4 is 5.91 Å². The van der Waals surface area contributed by atoms with Crippen LogP contribution < -0.4 is 11.1 Å². The lowest BCUT2D eigenvalue weighted by atomic mass is 9.82. The van der Waals surface area contributed by atoms with Gasteiger partial charge in [0.25, 0.3) is 0 Å². The fourth-order valence-electron chi connectivity index (χ4n) is 2.01. The minimum absolute atomic E-state index is 0.206. The first kappa shape index (κ1) is 10.5. The van der Waals surface area contributed by atoms with E-state index in [-0.39, 0.29) is 11.8 Å². The molecule has 0 aliphatic heterocycles. The number of nitrogens with one attached hydrogen (secondary N) is 1. The summed E-state index contributed by atoms with van der Waals surface area (Å²) in [5.74, 6) is 1.16. The van der Waals surface area contributed by atoms with E-state index in [0.717, 1.165) is 12.8 Å². The second-order valence-electron chi connectivity index (χ2n) is 4.05. The van der Waals surface area contributed by atoms with E-state index >= 15 is 0 Å². The highest BCUT2D eigenvalue weighted by atomic mass is 16.1. The zero-order valence-electron chi connectivity index (χ0n) is 8.38. The second kappa shape index (κ2) is 5.22. The molecule has 1 amide bonds. The Labute approximate surface area is 80.1 Å². The minimum Gasteiger partial charge on any atom is -0.355 e. The summed E-state index contributed by atoms with van der Waals surface area (Å²) in [4.78, 5) is 11.5. The van der Waals surface area contributed by atoms with Crippen molar-refractivity contribution in [2.75, 3.05) is 13.1 Å². The van der Waals surface area contributed by atoms with E-state index in [4.69, 9.17) is 5.73 Å². The van der Waals surface area contributed by atoms with Gasteiger partial charge in [0.1, 0.15) is 0 Å². The lowest BCUT2D eigenvalue weighted by Gasteiger charge is -2.25. The van der Waals surface area contributed by atoms with Crippen LogP contribution in [0, 0.1) is 11.8 Å². The van der Waals surface area contributed by atoms with E-state index in [1.807, 2.05) is 0 Å². The van der Waals surface area contributed by atoms with E-state index in [9.17, 15) is 4.79 Å². The average Bonchev–Trinajstić information content (AvgIpc) is 2.14. The van der Waals surface area contributed by atoms with Gasteiger partial charge in [0.15, 0.2) is 0 Å². The molecular weight excluding hydrogens is 164 g/mol. The molecular formula is C10H20N2O. The summed E-state index contributed by atoms with van der Waals surface area (Å²) in [6, 6.07) is 0. The highest BCUT2D eigenvalue weighted by Crippen LogP contribution is 2.28. The third-order valence-electron chi connectivity index (χ3n) is 2.75. The molecule has 3 nitrogen and oxygen atoms in total. The Kier molecular flexibility index (Phi) is 4.22. The molecule has 0 bridgehead atoms. The Balaban J connectivity index is 2.28. The molecule has 1 aliphatic carbocycles. The van der Waals surface area contributed by atoms with Gasteiger partial charge in [-0.2, -0.15) is 0 Å². The van der Waals surface area contributed by atoms with Crippen LogP contribution in [0.3, 0.4) is 0 Å². The molecule has 1 aliphatic rings. The highest BCUT2D eigenvalue weighted by Gasteiger charge is 2.24. The SMILES string of the molecule is CC1CCCC(C(=O)NCCN)C1. The zero-order chi connectivity index (χ0) is 9.68. The highest BCUT2D eigenvalue weighted by molar-refractivity contribution is 5.78. The van der Waals surface area contributed by atoms with Gasteiger partial charge in [-0.05, 0) is 18.8 Å². The quantitative estimate of drug-likeness (QED) is 0.684. The molecule has 0 aromatic heterocycles. The third kappa shape index (κ3) is 3.35. The van der Waals surface area contributed by atoms with Crippen LogP contribution >= 0.6 is 0 Å². The standard InChI is InChI=1S/C10H20N2O/c1-8-3-2-4-9(7-8)10(13)12-6-5-11/h8-9H,2-7,11H2,1H3,(H,12,13). The zero-order valence-corrected chi connectivity index (χ0v) is 8.38. The smallest absolute Gasteiger partial charge is 0.223 e. The predicted molar refractivity (Wildman–Crippen MR) is 53.2 cm³/mol. The summed E-state index contributed by atoms with van der Waals surface area (Å²) in [6.45, 7) is 3.38. The van der Waals surface area contributed by atoms with Gasteiger partial charge in [-0.1, -0.05) is 19.8 Å². The van der Waals surface area contributed by atoms with Crippen LogP contribution in [0.25, 0.3) is 0 Å². The van der Waals surface area contributed by atoms with E-state index in [1.54, 1.807) is 0 Å². The Bertz CT molecular complexity index is 170. The van der Waals surface area contributed by atoms with Gasteiger partial charge in [0.2, 0.25) is 5.91 Å². The molecule has 3 N–H and O–H groups in total. The van der Waals surface area contributed by atoms with Crippen LogP contribution in [0.15, 0.2) is 0 Å². The number of rotatable bonds is 3. The normalized spacial score (nSPS) is 28.5. The van der Waals surface area contributed by atoms with Crippen molar-refractivity contribution in [3.63, 3.8) is 0 Å². The van der Waals surface area contributed by atoms with Crippen LogP contribution in [-0.4, -0.2) is 19.0 Å². The minimum atomic E-state index is 0.206. The molecule has 0 aromatic carbocycles. The van der Waals surface area contributed by atoms with E-state index in [1.165, 1.54) is 12.8 Å². The Hall–Kier alpha value is -0.570. The predicted octanol–water partition coefficient (Wildman–Crippen LogP) is 0.888. The number of carbonyl (C=O) groups is 1. The molecule has 0 aromatic rings. The van der Waals surface area contributed by atoms with Crippen molar-refractivity contribution in [2.24, 2.45) is 17.6 Å². The lowest BCUT2D eigenvalue weighted by molar-refractivity contribution is -0.126. The number of hydrogen-bond acceptors (Lipinski definition) is 2. The lowest BCUT2D eigenvalue weighted by Crippen LogP contribution is -2.36. The molecule has 1 rings (SSSR count). The first-order valence-corrected chi connectivity index (χ1v) is 5.21. The van der Waals surface area contributed by atoms with Crippen molar-refractivity contribution < 1.29 is 4.79 Å². The van der Waals surface area contributed by atoms with Crippen LogP contribution in [-0.2, 0) is 4.79 Å².